The first-order valence-corrected chi connectivity index (χ1v) is 7.78. The average Bonchev–Trinajstić information content (AvgIpc) is 2.49. The molecule has 3 N–H and O–H groups in total. The van der Waals surface area contributed by atoms with Crippen molar-refractivity contribution < 1.29 is 4.79 Å². The van der Waals surface area contributed by atoms with E-state index in [1.54, 1.807) is 7.05 Å². The van der Waals surface area contributed by atoms with E-state index in [-0.39, 0.29) is 11.9 Å². The standard InChI is InChI=1S/C16H23N3OS/c1-11-9-12(15(17)21)6-7-13(11)10-19-8-4-3-5-14(19)16(20)18-2/h6-7,9,14H,3-5,8,10H2,1-2H3,(H2,17,21)(H,18,20). The zero-order valence-electron chi connectivity index (χ0n) is 12.7. The van der Waals surface area contributed by atoms with Crippen molar-refractivity contribution in [1.82, 2.24) is 10.2 Å². The van der Waals surface area contributed by atoms with Gasteiger partial charge in [-0.25, -0.2) is 0 Å². The van der Waals surface area contributed by atoms with Crippen LogP contribution in [0.4, 0.5) is 0 Å². The molecule has 0 aromatic heterocycles. The lowest BCUT2D eigenvalue weighted by Crippen LogP contribution is -2.48. The summed E-state index contributed by atoms with van der Waals surface area (Å²) < 4.78 is 0. The predicted octanol–water partition coefficient (Wildman–Crippen LogP) is 1.73. The number of rotatable bonds is 4. The Morgan fingerprint density at radius 1 is 1.48 bits per heavy atom. The molecular weight excluding hydrogens is 282 g/mol. The van der Waals surface area contributed by atoms with Crippen LogP contribution < -0.4 is 11.1 Å². The van der Waals surface area contributed by atoms with Crippen molar-refractivity contribution >= 4 is 23.1 Å². The van der Waals surface area contributed by atoms with Gasteiger partial charge in [-0.15, -0.1) is 0 Å². The number of thiocarbonyl (C=S) groups is 1. The monoisotopic (exact) mass is 305 g/mol. The highest BCUT2D eigenvalue weighted by Crippen LogP contribution is 2.21. The summed E-state index contributed by atoms with van der Waals surface area (Å²) in [4.78, 5) is 14.7. The lowest BCUT2D eigenvalue weighted by Gasteiger charge is -2.34. The molecule has 1 unspecified atom stereocenters. The van der Waals surface area contributed by atoms with E-state index in [1.807, 2.05) is 12.1 Å². The summed E-state index contributed by atoms with van der Waals surface area (Å²) in [5.74, 6) is 0.118. The molecule has 2 rings (SSSR count). The maximum Gasteiger partial charge on any atom is 0.237 e. The van der Waals surface area contributed by atoms with Crippen LogP contribution in [-0.4, -0.2) is 35.4 Å². The van der Waals surface area contributed by atoms with Crippen molar-refractivity contribution in [3.8, 4) is 0 Å². The van der Waals surface area contributed by atoms with Gasteiger partial charge in [-0.1, -0.05) is 30.8 Å². The topological polar surface area (TPSA) is 58.4 Å². The van der Waals surface area contributed by atoms with Crippen LogP contribution in [0.3, 0.4) is 0 Å². The minimum absolute atomic E-state index is 0.0154. The summed E-state index contributed by atoms with van der Waals surface area (Å²) in [6, 6.07) is 6.04. The molecule has 1 fully saturated rings. The zero-order chi connectivity index (χ0) is 15.4. The number of likely N-dealkylation sites (N-methyl/N-ethyl adjacent to an activating group) is 1. The number of carbonyl (C=O) groups is 1. The summed E-state index contributed by atoms with van der Waals surface area (Å²) >= 11 is 5.01. The molecule has 0 spiro atoms. The Bertz CT molecular complexity index is 544. The number of aryl methyl sites for hydroxylation is 1. The van der Waals surface area contributed by atoms with Crippen LogP contribution in [0, 0.1) is 6.92 Å². The fraction of sp³-hybridized carbons (Fsp3) is 0.500. The van der Waals surface area contributed by atoms with Crippen LogP contribution in [0.1, 0.15) is 36.0 Å². The molecule has 1 heterocycles. The van der Waals surface area contributed by atoms with Crippen molar-refractivity contribution in [2.45, 2.75) is 38.8 Å². The highest BCUT2D eigenvalue weighted by atomic mass is 32.1. The fourth-order valence-electron chi connectivity index (χ4n) is 2.89. The van der Waals surface area contributed by atoms with E-state index < -0.39 is 0 Å². The minimum atomic E-state index is -0.0154. The predicted molar refractivity (Wildman–Crippen MR) is 89.2 cm³/mol. The first-order valence-electron chi connectivity index (χ1n) is 7.38. The molecule has 1 aromatic rings. The summed E-state index contributed by atoms with van der Waals surface area (Å²) in [6.07, 6.45) is 3.20. The number of hydrogen-bond acceptors (Lipinski definition) is 3. The van der Waals surface area contributed by atoms with Gasteiger partial charge in [0.15, 0.2) is 0 Å². The van der Waals surface area contributed by atoms with Gasteiger partial charge in [0.25, 0.3) is 0 Å². The van der Waals surface area contributed by atoms with E-state index in [2.05, 4.69) is 23.2 Å². The number of hydrogen-bond donors (Lipinski definition) is 2. The van der Waals surface area contributed by atoms with Gasteiger partial charge < -0.3 is 11.1 Å². The molecule has 1 saturated heterocycles. The van der Waals surface area contributed by atoms with Crippen LogP contribution in [-0.2, 0) is 11.3 Å². The molecule has 1 aliphatic heterocycles. The molecule has 1 atom stereocenters. The Hall–Kier alpha value is -1.46. The van der Waals surface area contributed by atoms with Gasteiger partial charge in [-0.2, -0.15) is 0 Å². The van der Waals surface area contributed by atoms with E-state index in [9.17, 15) is 4.79 Å². The second-order valence-electron chi connectivity index (χ2n) is 5.60. The Morgan fingerprint density at radius 3 is 2.86 bits per heavy atom. The third-order valence-electron chi connectivity index (χ3n) is 4.16. The first kappa shape index (κ1) is 15.9. The number of benzene rings is 1. The quantitative estimate of drug-likeness (QED) is 0.832. The van der Waals surface area contributed by atoms with Crippen molar-refractivity contribution in [1.29, 1.82) is 0 Å². The third-order valence-corrected chi connectivity index (χ3v) is 4.40. The largest absolute Gasteiger partial charge is 0.389 e. The average molecular weight is 305 g/mol. The first-order chi connectivity index (χ1) is 10.0. The molecule has 1 aliphatic rings. The number of piperidine rings is 1. The highest BCUT2D eigenvalue weighted by molar-refractivity contribution is 7.80. The Morgan fingerprint density at radius 2 is 2.24 bits per heavy atom. The number of nitrogens with zero attached hydrogens (tertiary/aromatic N) is 1. The zero-order valence-corrected chi connectivity index (χ0v) is 13.5. The number of nitrogens with two attached hydrogens (primary N) is 1. The Labute approximate surface area is 131 Å². The van der Waals surface area contributed by atoms with Gasteiger partial charge in [-0.3, -0.25) is 9.69 Å². The summed E-state index contributed by atoms with van der Waals surface area (Å²) in [6.45, 7) is 3.83. The van der Waals surface area contributed by atoms with E-state index in [1.165, 1.54) is 11.1 Å². The van der Waals surface area contributed by atoms with Gasteiger partial charge in [-0.05, 0) is 43.5 Å². The highest BCUT2D eigenvalue weighted by Gasteiger charge is 2.28. The number of nitrogens with one attached hydrogen (secondary N) is 1. The summed E-state index contributed by atoms with van der Waals surface area (Å²) in [5, 5.41) is 2.77. The second kappa shape index (κ2) is 7.00. The van der Waals surface area contributed by atoms with Crippen LogP contribution in [0.5, 0.6) is 0 Å². The van der Waals surface area contributed by atoms with Crippen LogP contribution in [0.2, 0.25) is 0 Å². The van der Waals surface area contributed by atoms with E-state index in [4.69, 9.17) is 18.0 Å². The molecule has 5 heteroatoms. The van der Waals surface area contributed by atoms with Gasteiger partial charge in [0, 0.05) is 19.2 Å². The number of carbonyl (C=O) groups excluding carboxylic acids is 1. The molecule has 0 aliphatic carbocycles. The van der Waals surface area contributed by atoms with E-state index in [0.717, 1.165) is 37.9 Å². The van der Waals surface area contributed by atoms with Crippen LogP contribution >= 0.6 is 12.2 Å². The number of amides is 1. The molecule has 0 radical (unpaired) electrons. The minimum Gasteiger partial charge on any atom is -0.389 e. The lowest BCUT2D eigenvalue weighted by molar-refractivity contribution is -0.127. The maximum absolute atomic E-state index is 12.0. The fourth-order valence-corrected chi connectivity index (χ4v) is 3.02. The SMILES string of the molecule is CNC(=O)C1CCCCN1Cc1ccc(C(N)=S)cc1C. The third kappa shape index (κ3) is 3.80. The molecular formula is C16H23N3OS. The molecule has 0 bridgehead atoms. The Kier molecular flexibility index (Phi) is 5.31. The van der Waals surface area contributed by atoms with E-state index >= 15 is 0 Å². The molecule has 114 valence electrons. The summed E-state index contributed by atoms with van der Waals surface area (Å²) in [5.41, 5.74) is 8.96. The molecule has 0 saturated carbocycles. The molecule has 4 nitrogen and oxygen atoms in total. The van der Waals surface area contributed by atoms with Crippen molar-refractivity contribution in [2.75, 3.05) is 13.6 Å². The van der Waals surface area contributed by atoms with Gasteiger partial charge in [0.05, 0.1) is 6.04 Å². The van der Waals surface area contributed by atoms with Crippen molar-refractivity contribution in [3.05, 3.63) is 34.9 Å². The van der Waals surface area contributed by atoms with Gasteiger partial charge in [0.2, 0.25) is 5.91 Å². The van der Waals surface area contributed by atoms with Crippen molar-refractivity contribution in [3.63, 3.8) is 0 Å². The van der Waals surface area contributed by atoms with Crippen LogP contribution in [0.15, 0.2) is 18.2 Å². The summed E-state index contributed by atoms with van der Waals surface area (Å²) in [7, 11) is 1.71. The van der Waals surface area contributed by atoms with Crippen LogP contribution in [0.25, 0.3) is 0 Å². The van der Waals surface area contributed by atoms with Crippen molar-refractivity contribution in [2.24, 2.45) is 5.73 Å². The Balaban J connectivity index is 2.15. The second-order valence-corrected chi connectivity index (χ2v) is 6.04. The number of likely N-dealkylation sites (tertiary alicyclic amines) is 1. The molecule has 1 aromatic carbocycles. The smallest absolute Gasteiger partial charge is 0.237 e. The van der Waals surface area contributed by atoms with Gasteiger partial charge in [0.1, 0.15) is 4.99 Å². The molecule has 1 amide bonds. The van der Waals surface area contributed by atoms with E-state index in [0.29, 0.717) is 4.99 Å². The lowest BCUT2D eigenvalue weighted by atomic mass is 9.98. The van der Waals surface area contributed by atoms with Gasteiger partial charge >= 0.3 is 0 Å². The molecule has 21 heavy (non-hydrogen) atoms. The maximum atomic E-state index is 12.0. The normalized spacial score (nSPS) is 19.2.